The van der Waals surface area contributed by atoms with Crippen LogP contribution in [0.2, 0.25) is 0 Å². The van der Waals surface area contributed by atoms with Crippen LogP contribution in [0.4, 0.5) is 0 Å². The molecule has 0 spiro atoms. The second-order valence-electron chi connectivity index (χ2n) is 3.35. The Morgan fingerprint density at radius 1 is 1.60 bits per heavy atom. The third-order valence-electron chi connectivity index (χ3n) is 2.33. The summed E-state index contributed by atoms with van der Waals surface area (Å²) >= 11 is 3.39. The largest absolute Gasteiger partial charge is 0.387 e. The summed E-state index contributed by atoms with van der Waals surface area (Å²) in [6, 6.07) is 5.71. The fraction of sp³-hybridized carbons (Fsp3) is 0.300. The Balaban J connectivity index is 2.54. The number of aliphatic hydroxyl groups excluding tert-OH is 1. The number of benzene rings is 1. The van der Waals surface area contributed by atoms with Crippen LogP contribution < -0.4 is 5.32 Å². The number of aromatic amines is 1. The van der Waals surface area contributed by atoms with E-state index in [2.05, 4.69) is 31.4 Å². The second-order valence-corrected chi connectivity index (χ2v) is 4.15. The number of nitrogens with one attached hydrogen (secondary N) is 2. The van der Waals surface area contributed by atoms with E-state index < -0.39 is 6.10 Å². The zero-order chi connectivity index (χ0) is 10.8. The summed E-state index contributed by atoms with van der Waals surface area (Å²) in [6.07, 6.45) is -0.521. The third kappa shape index (κ3) is 1.90. The molecule has 0 amide bonds. The summed E-state index contributed by atoms with van der Waals surface area (Å²) in [5, 5.41) is 20.8. The summed E-state index contributed by atoms with van der Waals surface area (Å²) in [5.74, 6) is 0. The molecule has 80 valence electrons. The van der Waals surface area contributed by atoms with Crippen LogP contribution in [0.5, 0.6) is 0 Å². The number of halogens is 1. The third-order valence-corrected chi connectivity index (χ3v) is 2.90. The van der Waals surface area contributed by atoms with Crippen LogP contribution in [0.3, 0.4) is 0 Å². The highest BCUT2D eigenvalue weighted by atomic mass is 79.9. The van der Waals surface area contributed by atoms with Crippen molar-refractivity contribution in [2.75, 3.05) is 13.6 Å². The standard InChI is InChI=1S/C10H12BrN3O/c1-12-5-8(15)6-3-2-4-7-9(6)10(11)14-13-7/h2-4,8,12,15H,5H2,1H3,(H,13,14). The zero-order valence-corrected chi connectivity index (χ0v) is 9.87. The molecule has 1 atom stereocenters. The molecule has 2 rings (SSSR count). The summed E-state index contributed by atoms with van der Waals surface area (Å²) in [6.45, 7) is 0.525. The van der Waals surface area contributed by atoms with Crippen molar-refractivity contribution in [3.8, 4) is 0 Å². The maximum absolute atomic E-state index is 9.94. The van der Waals surface area contributed by atoms with Crippen molar-refractivity contribution in [2.24, 2.45) is 0 Å². The summed E-state index contributed by atoms with van der Waals surface area (Å²) in [5.41, 5.74) is 1.73. The van der Waals surface area contributed by atoms with E-state index >= 15 is 0 Å². The monoisotopic (exact) mass is 269 g/mol. The number of aliphatic hydroxyl groups is 1. The van der Waals surface area contributed by atoms with Crippen LogP contribution in [-0.4, -0.2) is 28.9 Å². The quantitative estimate of drug-likeness (QED) is 0.793. The number of hydrogen-bond donors (Lipinski definition) is 3. The van der Waals surface area contributed by atoms with Crippen molar-refractivity contribution in [1.29, 1.82) is 0 Å². The Labute approximate surface area is 95.8 Å². The van der Waals surface area contributed by atoms with Gasteiger partial charge in [0.05, 0.1) is 11.6 Å². The van der Waals surface area contributed by atoms with E-state index in [-0.39, 0.29) is 0 Å². The molecule has 1 heterocycles. The van der Waals surface area contributed by atoms with Crippen molar-refractivity contribution >= 4 is 26.8 Å². The lowest BCUT2D eigenvalue weighted by molar-refractivity contribution is 0.179. The van der Waals surface area contributed by atoms with Crippen LogP contribution >= 0.6 is 15.9 Å². The Kier molecular flexibility index (Phi) is 3.04. The van der Waals surface area contributed by atoms with Gasteiger partial charge >= 0.3 is 0 Å². The van der Waals surface area contributed by atoms with Gasteiger partial charge in [-0.2, -0.15) is 5.10 Å². The Hall–Kier alpha value is -0.910. The topological polar surface area (TPSA) is 60.9 Å². The van der Waals surface area contributed by atoms with E-state index in [0.717, 1.165) is 21.1 Å². The average Bonchev–Trinajstić information content (AvgIpc) is 2.61. The Morgan fingerprint density at radius 3 is 3.13 bits per heavy atom. The number of nitrogens with zero attached hydrogens (tertiary/aromatic N) is 1. The molecule has 1 aromatic heterocycles. The van der Waals surface area contributed by atoms with Crippen LogP contribution in [0.25, 0.3) is 10.9 Å². The number of fused-ring (bicyclic) bond motifs is 1. The molecule has 4 nitrogen and oxygen atoms in total. The number of likely N-dealkylation sites (N-methyl/N-ethyl adjacent to an activating group) is 1. The summed E-state index contributed by atoms with van der Waals surface area (Å²) in [4.78, 5) is 0. The van der Waals surface area contributed by atoms with Gasteiger partial charge in [-0.3, -0.25) is 5.10 Å². The van der Waals surface area contributed by atoms with Crippen LogP contribution in [0.1, 0.15) is 11.7 Å². The molecular weight excluding hydrogens is 258 g/mol. The fourth-order valence-corrected chi connectivity index (χ4v) is 2.16. The molecular formula is C10H12BrN3O. The maximum atomic E-state index is 9.94. The molecule has 0 aliphatic rings. The van der Waals surface area contributed by atoms with Crippen LogP contribution in [0, 0.1) is 0 Å². The molecule has 0 fully saturated rings. The highest BCUT2D eigenvalue weighted by Gasteiger charge is 2.14. The minimum atomic E-state index is -0.521. The van der Waals surface area contributed by atoms with Gasteiger partial charge in [0.25, 0.3) is 0 Å². The summed E-state index contributed by atoms with van der Waals surface area (Å²) < 4.78 is 0.809. The van der Waals surface area contributed by atoms with E-state index in [4.69, 9.17) is 0 Å². The minimum Gasteiger partial charge on any atom is -0.387 e. The number of hydrogen-bond acceptors (Lipinski definition) is 3. The Morgan fingerprint density at radius 2 is 2.40 bits per heavy atom. The number of rotatable bonds is 3. The lowest BCUT2D eigenvalue weighted by Gasteiger charge is -2.11. The van der Waals surface area contributed by atoms with Gasteiger partial charge in [-0.05, 0) is 34.6 Å². The van der Waals surface area contributed by atoms with Gasteiger partial charge in [-0.1, -0.05) is 12.1 Å². The van der Waals surface area contributed by atoms with Gasteiger partial charge in [-0.25, -0.2) is 0 Å². The average molecular weight is 270 g/mol. The maximum Gasteiger partial charge on any atom is 0.109 e. The van der Waals surface area contributed by atoms with Crippen molar-refractivity contribution < 1.29 is 5.11 Å². The first-order chi connectivity index (χ1) is 7.24. The first kappa shape index (κ1) is 10.6. The minimum absolute atomic E-state index is 0.521. The number of aromatic nitrogens is 2. The predicted octanol–water partition coefficient (Wildman–Crippen LogP) is 1.58. The SMILES string of the molecule is CNCC(O)c1cccc2n[nH]c(Br)c12. The molecule has 2 aromatic rings. The second kappa shape index (κ2) is 4.30. The first-order valence-corrected chi connectivity index (χ1v) is 5.48. The molecule has 0 saturated heterocycles. The predicted molar refractivity (Wildman–Crippen MR) is 62.7 cm³/mol. The molecule has 1 aromatic carbocycles. The lowest BCUT2D eigenvalue weighted by Crippen LogP contribution is -2.16. The van der Waals surface area contributed by atoms with E-state index in [0.29, 0.717) is 6.54 Å². The molecule has 1 unspecified atom stereocenters. The van der Waals surface area contributed by atoms with Crippen molar-refractivity contribution in [3.05, 3.63) is 28.4 Å². The molecule has 0 aliphatic heterocycles. The molecule has 0 aliphatic carbocycles. The van der Waals surface area contributed by atoms with Gasteiger partial charge in [-0.15, -0.1) is 0 Å². The molecule has 0 bridgehead atoms. The molecule has 15 heavy (non-hydrogen) atoms. The van der Waals surface area contributed by atoms with E-state index in [1.807, 2.05) is 25.2 Å². The Bertz CT molecular complexity index is 469. The molecule has 0 saturated carbocycles. The van der Waals surface area contributed by atoms with Crippen LogP contribution in [-0.2, 0) is 0 Å². The van der Waals surface area contributed by atoms with Crippen molar-refractivity contribution in [2.45, 2.75) is 6.10 Å². The lowest BCUT2D eigenvalue weighted by atomic mass is 10.1. The molecule has 3 N–H and O–H groups in total. The van der Waals surface area contributed by atoms with Gasteiger partial charge in [0, 0.05) is 11.9 Å². The van der Waals surface area contributed by atoms with Crippen molar-refractivity contribution in [1.82, 2.24) is 15.5 Å². The van der Waals surface area contributed by atoms with E-state index in [9.17, 15) is 5.11 Å². The zero-order valence-electron chi connectivity index (χ0n) is 8.29. The summed E-state index contributed by atoms with van der Waals surface area (Å²) in [7, 11) is 1.81. The first-order valence-electron chi connectivity index (χ1n) is 4.69. The van der Waals surface area contributed by atoms with Gasteiger partial charge in [0.15, 0.2) is 0 Å². The van der Waals surface area contributed by atoms with Gasteiger partial charge in [0.2, 0.25) is 0 Å². The van der Waals surface area contributed by atoms with Gasteiger partial charge < -0.3 is 10.4 Å². The van der Waals surface area contributed by atoms with Crippen LogP contribution in [0.15, 0.2) is 22.8 Å². The highest BCUT2D eigenvalue weighted by Crippen LogP contribution is 2.28. The number of H-pyrrole nitrogens is 1. The van der Waals surface area contributed by atoms with Crippen molar-refractivity contribution in [3.63, 3.8) is 0 Å². The molecule has 0 radical (unpaired) electrons. The smallest absolute Gasteiger partial charge is 0.109 e. The highest BCUT2D eigenvalue weighted by molar-refractivity contribution is 9.10. The van der Waals surface area contributed by atoms with Gasteiger partial charge in [0.1, 0.15) is 4.60 Å². The normalized spacial score (nSPS) is 13.3. The molecule has 5 heteroatoms. The fourth-order valence-electron chi connectivity index (χ4n) is 1.64. The van der Waals surface area contributed by atoms with E-state index in [1.54, 1.807) is 0 Å². The van der Waals surface area contributed by atoms with E-state index in [1.165, 1.54) is 0 Å².